The molecule has 0 aliphatic heterocycles. The van der Waals surface area contributed by atoms with Crippen molar-refractivity contribution >= 4 is 0 Å². The van der Waals surface area contributed by atoms with Crippen molar-refractivity contribution in [1.29, 1.82) is 0 Å². The molecule has 0 saturated heterocycles. The minimum atomic E-state index is 0.356. The molecule has 1 rings (SSSR count). The fourth-order valence-electron chi connectivity index (χ4n) is 1.03. The fourth-order valence-corrected chi connectivity index (χ4v) is 1.03. The third-order valence-corrected chi connectivity index (χ3v) is 1.78. The molecule has 1 unspecified atom stereocenters. The van der Waals surface area contributed by atoms with E-state index in [1.54, 1.807) is 14.2 Å². The van der Waals surface area contributed by atoms with E-state index >= 15 is 0 Å². The Labute approximate surface area is 56.2 Å². The van der Waals surface area contributed by atoms with Crippen molar-refractivity contribution in [2.45, 2.75) is 18.9 Å². The summed E-state index contributed by atoms with van der Waals surface area (Å²) in [5.74, 6) is 0.787. The largest absolute Gasteiger partial charge is 0.382 e. The van der Waals surface area contributed by atoms with Crippen molar-refractivity contribution in [1.82, 2.24) is 0 Å². The molecule has 0 aromatic rings. The molecule has 1 atom stereocenters. The summed E-state index contributed by atoms with van der Waals surface area (Å²) >= 11 is 0. The molecule has 2 heteroatoms. The van der Waals surface area contributed by atoms with Crippen LogP contribution in [0.2, 0.25) is 0 Å². The van der Waals surface area contributed by atoms with Crippen LogP contribution in [-0.2, 0) is 9.47 Å². The highest BCUT2D eigenvalue weighted by Crippen LogP contribution is 2.33. The van der Waals surface area contributed by atoms with Crippen molar-refractivity contribution in [3.05, 3.63) is 0 Å². The summed E-state index contributed by atoms with van der Waals surface area (Å²) < 4.78 is 10.2. The molecule has 0 bridgehead atoms. The van der Waals surface area contributed by atoms with E-state index < -0.39 is 0 Å². The molecule has 54 valence electrons. The van der Waals surface area contributed by atoms with Crippen LogP contribution >= 0.6 is 0 Å². The Morgan fingerprint density at radius 3 is 2.44 bits per heavy atom. The van der Waals surface area contributed by atoms with E-state index in [9.17, 15) is 0 Å². The Hall–Kier alpha value is -0.0800. The van der Waals surface area contributed by atoms with Crippen LogP contribution in [0.25, 0.3) is 0 Å². The van der Waals surface area contributed by atoms with Gasteiger partial charge in [0.05, 0.1) is 12.7 Å². The zero-order valence-corrected chi connectivity index (χ0v) is 6.09. The Bertz CT molecular complexity index is 79.0. The van der Waals surface area contributed by atoms with Gasteiger partial charge in [0.15, 0.2) is 0 Å². The maximum absolute atomic E-state index is 5.19. The predicted molar refractivity (Wildman–Crippen MR) is 35.4 cm³/mol. The maximum atomic E-state index is 5.19. The lowest BCUT2D eigenvalue weighted by Crippen LogP contribution is -2.19. The first-order valence-electron chi connectivity index (χ1n) is 3.40. The van der Waals surface area contributed by atoms with Crippen LogP contribution in [0.5, 0.6) is 0 Å². The van der Waals surface area contributed by atoms with Gasteiger partial charge >= 0.3 is 0 Å². The molecule has 0 amide bonds. The molecule has 2 nitrogen and oxygen atoms in total. The molecule has 1 fully saturated rings. The van der Waals surface area contributed by atoms with Crippen molar-refractivity contribution < 1.29 is 9.47 Å². The minimum Gasteiger partial charge on any atom is -0.382 e. The molecule has 1 saturated carbocycles. The second-order valence-electron chi connectivity index (χ2n) is 2.57. The Morgan fingerprint density at radius 1 is 1.44 bits per heavy atom. The van der Waals surface area contributed by atoms with Gasteiger partial charge in [-0.25, -0.2) is 0 Å². The van der Waals surface area contributed by atoms with Crippen LogP contribution in [0.3, 0.4) is 0 Å². The number of methoxy groups -OCH3 is 2. The van der Waals surface area contributed by atoms with Crippen LogP contribution in [0.4, 0.5) is 0 Å². The first-order chi connectivity index (χ1) is 4.38. The van der Waals surface area contributed by atoms with Gasteiger partial charge < -0.3 is 9.47 Å². The Kier molecular flexibility index (Phi) is 2.49. The number of rotatable bonds is 4. The van der Waals surface area contributed by atoms with E-state index in [0.29, 0.717) is 6.10 Å². The standard InChI is InChI=1S/C7H14O2/c1-8-5-7(9-2)6-3-4-6/h6-7H,3-5H2,1-2H3. The van der Waals surface area contributed by atoms with Gasteiger partial charge in [0.2, 0.25) is 0 Å². The third-order valence-electron chi connectivity index (χ3n) is 1.78. The minimum absolute atomic E-state index is 0.356. The zero-order valence-electron chi connectivity index (χ0n) is 6.09. The fraction of sp³-hybridized carbons (Fsp3) is 1.00. The lowest BCUT2D eigenvalue weighted by atomic mass is 10.2. The SMILES string of the molecule is COCC(OC)C1CC1. The summed E-state index contributed by atoms with van der Waals surface area (Å²) in [4.78, 5) is 0. The van der Waals surface area contributed by atoms with Crippen molar-refractivity contribution in [3.63, 3.8) is 0 Å². The summed E-state index contributed by atoms with van der Waals surface area (Å²) in [6.07, 6.45) is 3.00. The van der Waals surface area contributed by atoms with E-state index in [4.69, 9.17) is 9.47 Å². The highest BCUT2D eigenvalue weighted by atomic mass is 16.5. The van der Waals surface area contributed by atoms with E-state index in [-0.39, 0.29) is 0 Å². The van der Waals surface area contributed by atoms with E-state index in [1.165, 1.54) is 12.8 Å². The number of hydrogen-bond acceptors (Lipinski definition) is 2. The molecule has 0 heterocycles. The van der Waals surface area contributed by atoms with Crippen LogP contribution < -0.4 is 0 Å². The van der Waals surface area contributed by atoms with Gasteiger partial charge in [-0.1, -0.05) is 0 Å². The number of hydrogen-bond donors (Lipinski definition) is 0. The van der Waals surface area contributed by atoms with Gasteiger partial charge in [-0.05, 0) is 18.8 Å². The van der Waals surface area contributed by atoms with Crippen molar-refractivity contribution in [2.75, 3.05) is 20.8 Å². The molecule has 0 radical (unpaired) electrons. The quantitative estimate of drug-likeness (QED) is 0.566. The van der Waals surface area contributed by atoms with Crippen LogP contribution in [-0.4, -0.2) is 26.9 Å². The molecule has 1 aliphatic rings. The van der Waals surface area contributed by atoms with Crippen LogP contribution in [0.15, 0.2) is 0 Å². The average molecular weight is 130 g/mol. The monoisotopic (exact) mass is 130 g/mol. The summed E-state index contributed by atoms with van der Waals surface area (Å²) in [7, 11) is 3.47. The summed E-state index contributed by atoms with van der Waals surface area (Å²) in [6, 6.07) is 0. The lowest BCUT2D eigenvalue weighted by molar-refractivity contribution is 0.0152. The van der Waals surface area contributed by atoms with Crippen molar-refractivity contribution in [3.8, 4) is 0 Å². The van der Waals surface area contributed by atoms with E-state index in [1.807, 2.05) is 0 Å². The molecule has 0 N–H and O–H groups in total. The Balaban J connectivity index is 2.12. The second kappa shape index (κ2) is 3.18. The summed E-state index contributed by atoms with van der Waals surface area (Å²) in [5, 5.41) is 0. The van der Waals surface area contributed by atoms with Gasteiger partial charge in [0.25, 0.3) is 0 Å². The average Bonchev–Trinajstić information content (AvgIpc) is 2.64. The molecule has 1 aliphatic carbocycles. The van der Waals surface area contributed by atoms with Gasteiger partial charge in [-0.2, -0.15) is 0 Å². The molecule has 0 aromatic heterocycles. The predicted octanol–water partition coefficient (Wildman–Crippen LogP) is 1.06. The molecule has 9 heavy (non-hydrogen) atoms. The smallest absolute Gasteiger partial charge is 0.0832 e. The van der Waals surface area contributed by atoms with Gasteiger partial charge in [0.1, 0.15) is 0 Å². The van der Waals surface area contributed by atoms with Gasteiger partial charge in [0, 0.05) is 14.2 Å². The van der Waals surface area contributed by atoms with Gasteiger partial charge in [-0.3, -0.25) is 0 Å². The first-order valence-corrected chi connectivity index (χ1v) is 3.40. The van der Waals surface area contributed by atoms with E-state index in [2.05, 4.69) is 0 Å². The normalized spacial score (nSPS) is 22.0. The van der Waals surface area contributed by atoms with Crippen LogP contribution in [0, 0.1) is 5.92 Å². The summed E-state index contributed by atoms with van der Waals surface area (Å²) in [5.41, 5.74) is 0. The lowest BCUT2D eigenvalue weighted by Gasteiger charge is -2.11. The van der Waals surface area contributed by atoms with Gasteiger partial charge in [-0.15, -0.1) is 0 Å². The molecule has 0 spiro atoms. The van der Waals surface area contributed by atoms with Crippen LogP contribution in [0.1, 0.15) is 12.8 Å². The molecule has 0 aromatic carbocycles. The molecular weight excluding hydrogens is 116 g/mol. The molecular formula is C7H14O2. The highest BCUT2D eigenvalue weighted by molar-refractivity contribution is 4.81. The maximum Gasteiger partial charge on any atom is 0.0832 e. The highest BCUT2D eigenvalue weighted by Gasteiger charge is 2.30. The second-order valence-corrected chi connectivity index (χ2v) is 2.57. The van der Waals surface area contributed by atoms with Crippen molar-refractivity contribution in [2.24, 2.45) is 5.92 Å². The van der Waals surface area contributed by atoms with E-state index in [0.717, 1.165) is 12.5 Å². The third kappa shape index (κ3) is 1.95. The first kappa shape index (κ1) is 7.03. The zero-order chi connectivity index (χ0) is 6.69. The topological polar surface area (TPSA) is 18.5 Å². The summed E-state index contributed by atoms with van der Waals surface area (Å²) in [6.45, 7) is 0.751. The number of ether oxygens (including phenoxy) is 2. The Morgan fingerprint density at radius 2 is 2.11 bits per heavy atom.